The molecule has 2 fully saturated rings. The normalized spacial score (nSPS) is 26.1. The van der Waals surface area contributed by atoms with E-state index in [1.165, 1.54) is 103 Å². The summed E-state index contributed by atoms with van der Waals surface area (Å²) < 4.78 is 12.1. The van der Waals surface area contributed by atoms with Crippen molar-refractivity contribution < 1.29 is 9.47 Å². The van der Waals surface area contributed by atoms with Crippen LogP contribution in [0.2, 0.25) is 0 Å². The molecule has 182 valence electrons. The molecule has 3 rings (SSSR count). The lowest BCUT2D eigenvalue weighted by molar-refractivity contribution is 0.192. The van der Waals surface area contributed by atoms with Crippen LogP contribution in [-0.2, 0) is 0 Å². The number of hydrogen-bond donors (Lipinski definition) is 0. The first-order valence-corrected chi connectivity index (χ1v) is 14.2. The van der Waals surface area contributed by atoms with Gasteiger partial charge in [-0.3, -0.25) is 0 Å². The number of hydrogen-bond acceptors (Lipinski definition) is 2. The molecule has 0 N–H and O–H groups in total. The van der Waals surface area contributed by atoms with Crippen molar-refractivity contribution in [3.05, 3.63) is 24.3 Å². The summed E-state index contributed by atoms with van der Waals surface area (Å²) in [5.41, 5.74) is 0. The van der Waals surface area contributed by atoms with Crippen LogP contribution < -0.4 is 9.47 Å². The summed E-state index contributed by atoms with van der Waals surface area (Å²) in [6, 6.07) is 8.31. The molecule has 0 aromatic heterocycles. The zero-order valence-corrected chi connectivity index (χ0v) is 21.2. The van der Waals surface area contributed by atoms with E-state index in [0.717, 1.165) is 48.4 Å². The third-order valence-corrected chi connectivity index (χ3v) is 8.25. The topological polar surface area (TPSA) is 18.5 Å². The molecule has 0 radical (unpaired) electrons. The van der Waals surface area contributed by atoms with Crippen LogP contribution in [0.4, 0.5) is 0 Å². The van der Waals surface area contributed by atoms with Gasteiger partial charge in [-0.1, -0.05) is 90.9 Å². The summed E-state index contributed by atoms with van der Waals surface area (Å²) in [6.45, 7) is 6.36. The van der Waals surface area contributed by atoms with Gasteiger partial charge in [-0.25, -0.2) is 0 Å². The molecule has 1 aromatic rings. The minimum absolute atomic E-state index is 0.843. The van der Waals surface area contributed by atoms with Crippen molar-refractivity contribution in [3.63, 3.8) is 0 Å². The first kappa shape index (κ1) is 25.4. The first-order chi connectivity index (χ1) is 15.8. The summed E-state index contributed by atoms with van der Waals surface area (Å²) in [4.78, 5) is 0. The molecule has 0 heterocycles. The number of ether oxygens (including phenoxy) is 2. The van der Waals surface area contributed by atoms with Gasteiger partial charge in [-0.05, 0) is 73.6 Å². The fourth-order valence-electron chi connectivity index (χ4n) is 6.53. The van der Waals surface area contributed by atoms with Crippen LogP contribution in [0.1, 0.15) is 117 Å². The summed E-state index contributed by atoms with van der Waals surface area (Å²) in [5.74, 6) is 5.79. The average molecular weight is 443 g/mol. The van der Waals surface area contributed by atoms with Crippen molar-refractivity contribution in [1.82, 2.24) is 0 Å². The minimum Gasteiger partial charge on any atom is -0.494 e. The first-order valence-electron chi connectivity index (χ1n) is 14.2. The van der Waals surface area contributed by atoms with E-state index >= 15 is 0 Å². The molecule has 2 heteroatoms. The van der Waals surface area contributed by atoms with Gasteiger partial charge in [0, 0.05) is 0 Å². The van der Waals surface area contributed by atoms with E-state index in [1.807, 2.05) is 0 Å². The van der Waals surface area contributed by atoms with Crippen LogP contribution in [0.15, 0.2) is 24.3 Å². The highest BCUT2D eigenvalue weighted by Gasteiger charge is 2.24. The third-order valence-electron chi connectivity index (χ3n) is 8.25. The molecule has 4 atom stereocenters. The Balaban J connectivity index is 1.28. The van der Waals surface area contributed by atoms with Crippen molar-refractivity contribution >= 4 is 0 Å². The lowest BCUT2D eigenvalue weighted by Gasteiger charge is -2.31. The van der Waals surface area contributed by atoms with Gasteiger partial charge in [0.1, 0.15) is 11.5 Å². The van der Waals surface area contributed by atoms with Crippen LogP contribution in [0.5, 0.6) is 11.5 Å². The summed E-state index contributed by atoms with van der Waals surface area (Å²) in [6.07, 6.45) is 22.1. The van der Waals surface area contributed by atoms with Crippen molar-refractivity contribution in [3.8, 4) is 11.5 Å². The number of benzene rings is 1. The molecule has 2 aliphatic carbocycles. The molecule has 0 spiro atoms. The smallest absolute Gasteiger partial charge is 0.119 e. The van der Waals surface area contributed by atoms with E-state index in [1.54, 1.807) is 0 Å². The second-order valence-electron chi connectivity index (χ2n) is 10.6. The Morgan fingerprint density at radius 2 is 0.906 bits per heavy atom. The molecule has 0 bridgehead atoms. The molecule has 32 heavy (non-hydrogen) atoms. The fourth-order valence-corrected chi connectivity index (χ4v) is 6.53. The van der Waals surface area contributed by atoms with Gasteiger partial charge in [-0.2, -0.15) is 0 Å². The Morgan fingerprint density at radius 1 is 0.562 bits per heavy atom. The molecule has 0 saturated heterocycles. The molecule has 2 aliphatic rings. The zero-order valence-electron chi connectivity index (χ0n) is 21.2. The van der Waals surface area contributed by atoms with Crippen LogP contribution in [0, 0.1) is 23.7 Å². The maximum absolute atomic E-state index is 6.03. The van der Waals surface area contributed by atoms with Crippen LogP contribution in [0.25, 0.3) is 0 Å². The van der Waals surface area contributed by atoms with Gasteiger partial charge in [0.15, 0.2) is 0 Å². The molecule has 4 unspecified atom stereocenters. The molecule has 1 aromatic carbocycles. The van der Waals surface area contributed by atoms with Crippen LogP contribution in [0.3, 0.4) is 0 Å². The van der Waals surface area contributed by atoms with Gasteiger partial charge in [0.05, 0.1) is 13.2 Å². The highest BCUT2D eigenvalue weighted by atomic mass is 16.5. The van der Waals surface area contributed by atoms with E-state index in [4.69, 9.17) is 9.47 Å². The van der Waals surface area contributed by atoms with Gasteiger partial charge in [0.2, 0.25) is 0 Å². The zero-order chi connectivity index (χ0) is 22.4. The highest BCUT2D eigenvalue weighted by molar-refractivity contribution is 5.31. The Hall–Kier alpha value is -1.18. The maximum atomic E-state index is 6.03. The van der Waals surface area contributed by atoms with E-state index < -0.39 is 0 Å². The van der Waals surface area contributed by atoms with E-state index in [9.17, 15) is 0 Å². The van der Waals surface area contributed by atoms with E-state index in [-0.39, 0.29) is 0 Å². The van der Waals surface area contributed by atoms with Crippen molar-refractivity contribution in [2.75, 3.05) is 13.2 Å². The standard InChI is InChI=1S/C30H50O2/c1-3-11-25-13-5-7-15-27(25)17-9-23-31-29-19-21-30(22-20-29)32-24-10-18-28-16-8-6-14-26(28)12-4-2/h19-22,25-28H,3-18,23-24H2,1-2H3. The molecule has 2 saturated carbocycles. The highest BCUT2D eigenvalue weighted by Crippen LogP contribution is 2.37. The monoisotopic (exact) mass is 442 g/mol. The second-order valence-corrected chi connectivity index (χ2v) is 10.6. The Bertz CT molecular complexity index is 538. The van der Waals surface area contributed by atoms with Crippen molar-refractivity contribution in [2.45, 2.75) is 117 Å². The third kappa shape index (κ3) is 8.64. The second kappa shape index (κ2) is 14.9. The van der Waals surface area contributed by atoms with Gasteiger partial charge in [-0.15, -0.1) is 0 Å². The summed E-state index contributed by atoms with van der Waals surface area (Å²) in [5, 5.41) is 0. The van der Waals surface area contributed by atoms with Gasteiger partial charge < -0.3 is 9.47 Å². The largest absolute Gasteiger partial charge is 0.494 e. The molecule has 0 amide bonds. The lowest BCUT2D eigenvalue weighted by atomic mass is 9.75. The van der Waals surface area contributed by atoms with Crippen LogP contribution in [-0.4, -0.2) is 13.2 Å². The molecular weight excluding hydrogens is 392 g/mol. The van der Waals surface area contributed by atoms with Crippen molar-refractivity contribution in [2.24, 2.45) is 23.7 Å². The van der Waals surface area contributed by atoms with E-state index in [2.05, 4.69) is 38.1 Å². The maximum Gasteiger partial charge on any atom is 0.119 e. The van der Waals surface area contributed by atoms with Crippen LogP contribution >= 0.6 is 0 Å². The van der Waals surface area contributed by atoms with Crippen molar-refractivity contribution in [1.29, 1.82) is 0 Å². The van der Waals surface area contributed by atoms with E-state index in [0.29, 0.717) is 0 Å². The summed E-state index contributed by atoms with van der Waals surface area (Å²) >= 11 is 0. The Kier molecular flexibility index (Phi) is 11.8. The predicted octanol–water partition coefficient (Wildman–Crippen LogP) is 9.22. The minimum atomic E-state index is 0.843. The Labute approximate surface area is 198 Å². The van der Waals surface area contributed by atoms with Gasteiger partial charge in [0.25, 0.3) is 0 Å². The summed E-state index contributed by atoms with van der Waals surface area (Å²) in [7, 11) is 0. The SMILES string of the molecule is CCCC1CCCCC1CCCOc1ccc(OCCCC2CCCCC2CCC)cc1. The lowest BCUT2D eigenvalue weighted by Crippen LogP contribution is -2.20. The number of rotatable bonds is 14. The Morgan fingerprint density at radius 3 is 1.25 bits per heavy atom. The average Bonchev–Trinajstić information content (AvgIpc) is 2.83. The molecule has 2 nitrogen and oxygen atoms in total. The quantitative estimate of drug-likeness (QED) is 0.267. The molecular formula is C30H50O2. The predicted molar refractivity (Wildman–Crippen MR) is 137 cm³/mol. The van der Waals surface area contributed by atoms with Gasteiger partial charge >= 0.3 is 0 Å². The molecule has 0 aliphatic heterocycles. The fraction of sp³-hybridized carbons (Fsp3) is 0.800.